The number of hydrogen-bond donors (Lipinski definition) is 3. The standard InChI is InChI=1S/C10H17NO3S.C10H21N.C9H11NO.2C2H6/c1-5-8(15-7(2)13)9(14)11-10(3,4)6-12;1-3-4-7-10-8-5-6-9-11(10)2;1-7-5-9(10-2)4-3-8(7)6-11;2*1-2/h5-7,13H,1-4H3,(H,11,14);10H,3-9H2,1-2H3;3-6,10H,1-2H3;2*1-2H3/b8-5-;;;;. The third-order valence-corrected chi connectivity index (χ3v) is 7.03. The van der Waals surface area contributed by atoms with Crippen LogP contribution in [0.15, 0.2) is 29.2 Å². The van der Waals surface area contributed by atoms with E-state index in [0.29, 0.717) is 11.2 Å². The summed E-state index contributed by atoms with van der Waals surface area (Å²) in [5, 5.41) is 14.7. The second-order valence-electron chi connectivity index (χ2n) is 9.88. The molecule has 1 saturated heterocycles. The van der Waals surface area contributed by atoms with Crippen molar-refractivity contribution in [1.29, 1.82) is 0 Å². The number of aldehydes is 2. The van der Waals surface area contributed by atoms with Gasteiger partial charge in [-0.25, -0.2) is 0 Å². The second kappa shape index (κ2) is 26.7. The van der Waals surface area contributed by atoms with Crippen LogP contribution in [-0.4, -0.2) is 66.1 Å². The summed E-state index contributed by atoms with van der Waals surface area (Å²) in [5.74, 6) is -0.347. The van der Waals surface area contributed by atoms with E-state index in [-0.39, 0.29) is 5.91 Å². The Balaban J connectivity index is -0.000000503. The predicted molar refractivity (Wildman–Crippen MR) is 180 cm³/mol. The minimum atomic E-state index is -0.884. The minimum Gasteiger partial charge on any atom is -0.388 e. The maximum atomic E-state index is 11.6. The van der Waals surface area contributed by atoms with E-state index in [1.807, 2.05) is 59.9 Å². The molecule has 2 atom stereocenters. The van der Waals surface area contributed by atoms with Crippen molar-refractivity contribution in [2.24, 2.45) is 0 Å². The summed E-state index contributed by atoms with van der Waals surface area (Å²) in [4.78, 5) is 35.6. The molecule has 0 radical (unpaired) electrons. The molecule has 1 fully saturated rings. The summed E-state index contributed by atoms with van der Waals surface area (Å²) in [5.41, 5.74) is 1.26. The highest BCUT2D eigenvalue weighted by Crippen LogP contribution is 2.21. The van der Waals surface area contributed by atoms with Crippen LogP contribution in [-0.2, 0) is 9.59 Å². The lowest BCUT2D eigenvalue weighted by atomic mass is 9.98. The first-order valence-electron chi connectivity index (χ1n) is 15.2. The number of anilines is 1. The monoisotopic (exact) mass is 595 g/mol. The highest BCUT2D eigenvalue weighted by atomic mass is 32.2. The van der Waals surface area contributed by atoms with Crippen LogP contribution in [0.1, 0.15) is 117 Å². The van der Waals surface area contributed by atoms with Gasteiger partial charge < -0.3 is 25.4 Å². The fourth-order valence-corrected chi connectivity index (χ4v) is 4.39. The number of unbranched alkanes of at least 4 members (excludes halogenated alkanes) is 1. The number of likely N-dealkylation sites (tertiary alicyclic amines) is 1. The summed E-state index contributed by atoms with van der Waals surface area (Å²) in [6.45, 7) is 20.0. The summed E-state index contributed by atoms with van der Waals surface area (Å²) in [6, 6.07) is 6.55. The number of carbonyl (C=O) groups is 3. The number of hydrogen-bond acceptors (Lipinski definition) is 7. The largest absolute Gasteiger partial charge is 0.388 e. The van der Waals surface area contributed by atoms with E-state index in [4.69, 9.17) is 5.11 Å². The molecule has 3 N–H and O–H groups in total. The second-order valence-corrected chi connectivity index (χ2v) is 11.2. The number of carbonyl (C=O) groups excluding carboxylic acids is 3. The predicted octanol–water partition coefficient (Wildman–Crippen LogP) is 7.62. The molecule has 0 aliphatic carbocycles. The third-order valence-electron chi connectivity index (χ3n) is 6.01. The number of rotatable bonds is 10. The Morgan fingerprint density at radius 3 is 2.22 bits per heavy atom. The molecular formula is C33H61N3O4S. The van der Waals surface area contributed by atoms with Crippen molar-refractivity contribution >= 4 is 35.9 Å². The summed E-state index contributed by atoms with van der Waals surface area (Å²) >= 11 is 1.05. The Kier molecular flexibility index (Phi) is 28.2. The summed E-state index contributed by atoms with van der Waals surface area (Å²) in [6.07, 6.45) is 11.6. The maximum absolute atomic E-state index is 11.6. The first kappa shape index (κ1) is 43.3. The third kappa shape index (κ3) is 21.2. The summed E-state index contributed by atoms with van der Waals surface area (Å²) in [7, 11) is 4.13. The van der Waals surface area contributed by atoms with Crippen LogP contribution in [0.2, 0.25) is 0 Å². The average Bonchev–Trinajstić information content (AvgIpc) is 2.97. The molecule has 1 aromatic rings. The molecule has 1 aromatic carbocycles. The number of aliphatic hydroxyl groups excluding tert-OH is 1. The van der Waals surface area contributed by atoms with Gasteiger partial charge in [-0.2, -0.15) is 0 Å². The minimum absolute atomic E-state index is 0.347. The fraction of sp³-hybridized carbons (Fsp3) is 0.667. The van der Waals surface area contributed by atoms with Crippen LogP contribution < -0.4 is 10.6 Å². The molecule has 2 rings (SSSR count). The van der Waals surface area contributed by atoms with Gasteiger partial charge in [-0.15, -0.1) is 0 Å². The van der Waals surface area contributed by atoms with Gasteiger partial charge in [-0.3, -0.25) is 9.59 Å². The molecular weight excluding hydrogens is 534 g/mol. The molecule has 238 valence electrons. The van der Waals surface area contributed by atoms with E-state index < -0.39 is 11.0 Å². The molecule has 0 spiro atoms. The van der Waals surface area contributed by atoms with Crippen molar-refractivity contribution in [2.45, 2.75) is 125 Å². The lowest BCUT2D eigenvalue weighted by molar-refractivity contribution is -0.122. The molecule has 7 nitrogen and oxygen atoms in total. The zero-order valence-corrected chi connectivity index (χ0v) is 28.9. The normalized spacial score (nSPS) is 15.4. The fourth-order valence-electron chi connectivity index (χ4n) is 3.73. The number of allylic oxidation sites excluding steroid dienone is 1. The Bertz CT molecular complexity index is 857. The van der Waals surface area contributed by atoms with Gasteiger partial charge in [0, 0.05) is 24.3 Å². The quantitative estimate of drug-likeness (QED) is 0.145. The smallest absolute Gasteiger partial charge is 0.258 e. The summed E-state index contributed by atoms with van der Waals surface area (Å²) < 4.78 is 0. The van der Waals surface area contributed by atoms with Crippen LogP contribution in [0.25, 0.3) is 0 Å². The van der Waals surface area contributed by atoms with Gasteiger partial charge in [-0.05, 0) is 91.2 Å². The highest BCUT2D eigenvalue weighted by molar-refractivity contribution is 8.04. The van der Waals surface area contributed by atoms with E-state index in [1.165, 1.54) is 45.1 Å². The SMILES string of the molecule is C/C=C(\SC(C)O)C(=O)NC(C)(C)C=O.CC.CC.CCCCC1CCCCN1C.CNc1ccc(C=O)c(C)c1. The Hall–Kier alpha value is -2.16. The first-order chi connectivity index (χ1) is 19.4. The number of nitrogens with zero attached hydrogens (tertiary/aromatic N) is 1. The maximum Gasteiger partial charge on any atom is 0.258 e. The molecule has 0 bridgehead atoms. The van der Waals surface area contributed by atoms with E-state index >= 15 is 0 Å². The Morgan fingerprint density at radius 2 is 1.80 bits per heavy atom. The van der Waals surface area contributed by atoms with Gasteiger partial charge in [0.25, 0.3) is 5.91 Å². The molecule has 2 unspecified atom stereocenters. The van der Waals surface area contributed by atoms with Crippen LogP contribution in [0, 0.1) is 6.92 Å². The van der Waals surface area contributed by atoms with Crippen molar-refractivity contribution in [1.82, 2.24) is 10.2 Å². The van der Waals surface area contributed by atoms with E-state index in [2.05, 4.69) is 29.5 Å². The van der Waals surface area contributed by atoms with E-state index in [1.54, 1.807) is 33.8 Å². The zero-order chi connectivity index (χ0) is 32.4. The number of benzene rings is 1. The van der Waals surface area contributed by atoms with Crippen molar-refractivity contribution in [3.63, 3.8) is 0 Å². The van der Waals surface area contributed by atoms with E-state index in [9.17, 15) is 14.4 Å². The number of aliphatic hydroxyl groups is 1. The molecule has 1 amide bonds. The van der Waals surface area contributed by atoms with Gasteiger partial charge in [0.15, 0.2) is 0 Å². The Morgan fingerprint density at radius 1 is 1.20 bits per heavy atom. The number of nitrogens with one attached hydrogen (secondary N) is 2. The van der Waals surface area contributed by atoms with Gasteiger partial charge in [0.1, 0.15) is 18.0 Å². The molecule has 41 heavy (non-hydrogen) atoms. The van der Waals surface area contributed by atoms with Crippen LogP contribution in [0.4, 0.5) is 5.69 Å². The van der Waals surface area contributed by atoms with Crippen molar-refractivity contribution in [3.05, 3.63) is 40.3 Å². The average molecular weight is 596 g/mol. The lowest BCUT2D eigenvalue weighted by Crippen LogP contribution is -2.45. The topological polar surface area (TPSA) is 98.7 Å². The number of thioether (sulfide) groups is 1. The van der Waals surface area contributed by atoms with Crippen LogP contribution >= 0.6 is 11.8 Å². The molecule has 1 heterocycles. The zero-order valence-electron chi connectivity index (χ0n) is 28.1. The van der Waals surface area contributed by atoms with Crippen molar-refractivity contribution < 1.29 is 19.5 Å². The Labute approximate surface area is 256 Å². The highest BCUT2D eigenvalue weighted by Gasteiger charge is 2.22. The van der Waals surface area contributed by atoms with Gasteiger partial charge in [0.05, 0.1) is 10.4 Å². The molecule has 0 saturated carbocycles. The van der Waals surface area contributed by atoms with Crippen molar-refractivity contribution in [2.75, 3.05) is 26.0 Å². The number of piperidine rings is 1. The molecule has 0 aromatic heterocycles. The van der Waals surface area contributed by atoms with E-state index in [0.717, 1.165) is 40.9 Å². The van der Waals surface area contributed by atoms with Gasteiger partial charge >= 0.3 is 0 Å². The van der Waals surface area contributed by atoms with Gasteiger partial charge in [0.2, 0.25) is 0 Å². The molecule has 1 aliphatic rings. The van der Waals surface area contributed by atoms with Crippen LogP contribution in [0.5, 0.6) is 0 Å². The number of amides is 1. The van der Waals surface area contributed by atoms with Crippen molar-refractivity contribution in [3.8, 4) is 0 Å². The lowest BCUT2D eigenvalue weighted by Gasteiger charge is -2.32. The number of aryl methyl sites for hydroxylation is 1. The molecule has 1 aliphatic heterocycles. The van der Waals surface area contributed by atoms with Gasteiger partial charge in [-0.1, -0.05) is 71.7 Å². The van der Waals surface area contributed by atoms with Crippen LogP contribution in [0.3, 0.4) is 0 Å². The first-order valence-corrected chi connectivity index (χ1v) is 16.1. The molecule has 8 heteroatoms.